The maximum absolute atomic E-state index is 11.6. The molecule has 0 aromatic carbocycles. The molecule has 19 heavy (non-hydrogen) atoms. The molecule has 0 unspecified atom stereocenters. The van der Waals surface area contributed by atoms with Gasteiger partial charge in [0, 0.05) is 18.1 Å². The number of amides is 1. The Morgan fingerprint density at radius 1 is 1.21 bits per heavy atom. The number of nitrogens with one attached hydrogen (secondary N) is 3. The first-order chi connectivity index (χ1) is 8.59. The van der Waals surface area contributed by atoms with E-state index >= 15 is 0 Å². The SMILES string of the molecule is CCC(CC)NC(=O)CNCC(C)(C)NS(C)(=O)=O. The molecular formula is C12H27N3O3S. The third-order valence-corrected chi connectivity index (χ3v) is 3.59. The maximum atomic E-state index is 11.6. The van der Waals surface area contributed by atoms with E-state index in [0.717, 1.165) is 19.1 Å². The lowest BCUT2D eigenvalue weighted by molar-refractivity contribution is -0.121. The van der Waals surface area contributed by atoms with E-state index in [1.165, 1.54) is 0 Å². The fraction of sp³-hybridized carbons (Fsp3) is 0.917. The van der Waals surface area contributed by atoms with Crippen LogP contribution in [0.2, 0.25) is 0 Å². The first kappa shape index (κ1) is 18.3. The second-order valence-electron chi connectivity index (χ2n) is 5.44. The lowest BCUT2D eigenvalue weighted by Crippen LogP contribution is -2.51. The van der Waals surface area contributed by atoms with Crippen LogP contribution in [0.25, 0.3) is 0 Å². The number of sulfonamides is 1. The smallest absolute Gasteiger partial charge is 0.234 e. The molecule has 1 amide bonds. The van der Waals surface area contributed by atoms with E-state index < -0.39 is 15.6 Å². The highest BCUT2D eigenvalue weighted by atomic mass is 32.2. The fourth-order valence-electron chi connectivity index (χ4n) is 1.80. The average Bonchev–Trinajstić information content (AvgIpc) is 2.22. The van der Waals surface area contributed by atoms with Gasteiger partial charge in [0.05, 0.1) is 12.8 Å². The number of carbonyl (C=O) groups excluding carboxylic acids is 1. The molecule has 0 saturated carbocycles. The lowest BCUT2D eigenvalue weighted by atomic mass is 10.1. The predicted molar refractivity (Wildman–Crippen MR) is 77.4 cm³/mol. The van der Waals surface area contributed by atoms with Crippen LogP contribution in [0.3, 0.4) is 0 Å². The highest BCUT2D eigenvalue weighted by molar-refractivity contribution is 7.88. The summed E-state index contributed by atoms with van der Waals surface area (Å²) in [5, 5.41) is 5.87. The van der Waals surface area contributed by atoms with Gasteiger partial charge in [-0.1, -0.05) is 13.8 Å². The first-order valence-corrected chi connectivity index (χ1v) is 8.47. The van der Waals surface area contributed by atoms with Crippen LogP contribution in [0.15, 0.2) is 0 Å². The summed E-state index contributed by atoms with van der Waals surface area (Å²) >= 11 is 0. The molecule has 0 heterocycles. The van der Waals surface area contributed by atoms with Crippen molar-refractivity contribution < 1.29 is 13.2 Å². The third kappa shape index (κ3) is 9.86. The van der Waals surface area contributed by atoms with Crippen molar-refractivity contribution in [2.75, 3.05) is 19.3 Å². The molecule has 0 saturated heterocycles. The molecule has 7 heteroatoms. The van der Waals surface area contributed by atoms with Crippen LogP contribution >= 0.6 is 0 Å². The van der Waals surface area contributed by atoms with Gasteiger partial charge in [0.25, 0.3) is 0 Å². The Labute approximate surface area is 116 Å². The van der Waals surface area contributed by atoms with Crippen molar-refractivity contribution in [2.45, 2.75) is 52.1 Å². The second kappa shape index (κ2) is 7.81. The molecule has 0 fully saturated rings. The normalized spacial score (nSPS) is 12.7. The molecule has 0 aliphatic carbocycles. The van der Waals surface area contributed by atoms with Gasteiger partial charge in [-0.05, 0) is 26.7 Å². The van der Waals surface area contributed by atoms with Gasteiger partial charge >= 0.3 is 0 Å². The molecule has 0 aromatic rings. The summed E-state index contributed by atoms with van der Waals surface area (Å²) in [6.45, 7) is 8.16. The second-order valence-corrected chi connectivity index (χ2v) is 7.19. The molecule has 0 radical (unpaired) electrons. The number of hydrogen-bond donors (Lipinski definition) is 3. The molecule has 114 valence electrons. The number of hydrogen-bond acceptors (Lipinski definition) is 4. The van der Waals surface area contributed by atoms with Gasteiger partial charge in [0.2, 0.25) is 15.9 Å². The number of carbonyl (C=O) groups is 1. The van der Waals surface area contributed by atoms with Crippen LogP contribution in [0, 0.1) is 0 Å². The maximum Gasteiger partial charge on any atom is 0.234 e. The molecule has 0 aromatic heterocycles. The number of rotatable bonds is 9. The van der Waals surface area contributed by atoms with Crippen molar-refractivity contribution in [2.24, 2.45) is 0 Å². The Bertz CT molecular complexity index is 376. The third-order valence-electron chi connectivity index (χ3n) is 2.66. The van der Waals surface area contributed by atoms with Gasteiger partial charge in [-0.3, -0.25) is 4.79 Å². The largest absolute Gasteiger partial charge is 0.352 e. The monoisotopic (exact) mass is 293 g/mol. The van der Waals surface area contributed by atoms with Crippen molar-refractivity contribution in [3.63, 3.8) is 0 Å². The van der Waals surface area contributed by atoms with E-state index in [9.17, 15) is 13.2 Å². The fourth-order valence-corrected chi connectivity index (χ4v) is 2.87. The summed E-state index contributed by atoms with van der Waals surface area (Å²) in [4.78, 5) is 11.6. The first-order valence-electron chi connectivity index (χ1n) is 6.58. The molecule has 3 N–H and O–H groups in total. The summed E-state index contributed by atoms with van der Waals surface area (Å²) in [7, 11) is -3.25. The van der Waals surface area contributed by atoms with E-state index in [4.69, 9.17) is 0 Å². The zero-order chi connectivity index (χ0) is 15.1. The van der Waals surface area contributed by atoms with E-state index in [1.807, 2.05) is 13.8 Å². The van der Waals surface area contributed by atoms with Crippen molar-refractivity contribution in [3.05, 3.63) is 0 Å². The van der Waals surface area contributed by atoms with E-state index in [2.05, 4.69) is 15.4 Å². The Morgan fingerprint density at radius 3 is 2.16 bits per heavy atom. The van der Waals surface area contributed by atoms with Crippen molar-refractivity contribution >= 4 is 15.9 Å². The zero-order valence-electron chi connectivity index (χ0n) is 12.5. The molecule has 0 aliphatic heterocycles. The molecule has 0 aliphatic rings. The minimum Gasteiger partial charge on any atom is -0.352 e. The molecule has 6 nitrogen and oxygen atoms in total. The van der Waals surface area contributed by atoms with Crippen molar-refractivity contribution in [1.82, 2.24) is 15.4 Å². The molecular weight excluding hydrogens is 266 g/mol. The summed E-state index contributed by atoms with van der Waals surface area (Å²) in [6, 6.07) is 0.205. The summed E-state index contributed by atoms with van der Waals surface area (Å²) in [6.07, 6.45) is 2.93. The molecule has 0 spiro atoms. The Hall–Kier alpha value is -0.660. The average molecular weight is 293 g/mol. The van der Waals surface area contributed by atoms with Gasteiger partial charge in [0.15, 0.2) is 0 Å². The summed E-state index contributed by atoms with van der Waals surface area (Å²) < 4.78 is 24.8. The van der Waals surface area contributed by atoms with E-state index in [1.54, 1.807) is 13.8 Å². The standard InChI is InChI=1S/C12H27N3O3S/c1-6-10(7-2)14-11(16)8-13-9-12(3,4)15-19(5,17)18/h10,13,15H,6-9H2,1-5H3,(H,14,16). The highest BCUT2D eigenvalue weighted by Gasteiger charge is 2.21. The zero-order valence-corrected chi connectivity index (χ0v) is 13.4. The Kier molecular flexibility index (Phi) is 7.54. The van der Waals surface area contributed by atoms with Gasteiger partial charge in [0.1, 0.15) is 0 Å². The van der Waals surface area contributed by atoms with Crippen LogP contribution in [-0.2, 0) is 14.8 Å². The topological polar surface area (TPSA) is 87.3 Å². The van der Waals surface area contributed by atoms with Crippen LogP contribution in [-0.4, -0.2) is 45.3 Å². The van der Waals surface area contributed by atoms with Crippen LogP contribution < -0.4 is 15.4 Å². The minimum absolute atomic E-state index is 0.0659. The molecule has 0 atom stereocenters. The van der Waals surface area contributed by atoms with Gasteiger partial charge in [-0.15, -0.1) is 0 Å². The van der Waals surface area contributed by atoms with Crippen LogP contribution in [0.1, 0.15) is 40.5 Å². The van der Waals surface area contributed by atoms with Crippen molar-refractivity contribution in [1.29, 1.82) is 0 Å². The summed E-state index contributed by atoms with van der Waals surface area (Å²) in [5.74, 6) is -0.0659. The molecule has 0 bridgehead atoms. The van der Waals surface area contributed by atoms with Crippen molar-refractivity contribution in [3.8, 4) is 0 Å². The minimum atomic E-state index is -3.25. The quantitative estimate of drug-likeness (QED) is 0.567. The Balaban J connectivity index is 4.05. The van der Waals surface area contributed by atoms with E-state index in [-0.39, 0.29) is 18.5 Å². The predicted octanol–water partition coefficient (Wildman–Crippen LogP) is 0.209. The highest BCUT2D eigenvalue weighted by Crippen LogP contribution is 2.01. The van der Waals surface area contributed by atoms with Gasteiger partial charge < -0.3 is 10.6 Å². The summed E-state index contributed by atoms with van der Waals surface area (Å²) in [5.41, 5.74) is -0.622. The van der Waals surface area contributed by atoms with Gasteiger partial charge in [-0.25, -0.2) is 13.1 Å². The lowest BCUT2D eigenvalue weighted by Gasteiger charge is -2.25. The van der Waals surface area contributed by atoms with E-state index in [0.29, 0.717) is 6.54 Å². The molecule has 0 rings (SSSR count). The Morgan fingerprint density at radius 2 is 1.74 bits per heavy atom. The van der Waals surface area contributed by atoms with Crippen LogP contribution in [0.5, 0.6) is 0 Å². The van der Waals surface area contributed by atoms with Crippen LogP contribution in [0.4, 0.5) is 0 Å². The van der Waals surface area contributed by atoms with Gasteiger partial charge in [-0.2, -0.15) is 0 Å².